The maximum absolute atomic E-state index is 12.6. The van der Waals surface area contributed by atoms with E-state index >= 15 is 0 Å². The molecule has 28 heavy (non-hydrogen) atoms. The lowest BCUT2D eigenvalue weighted by Gasteiger charge is -2.35. The van der Waals surface area contributed by atoms with Crippen LogP contribution in [0.25, 0.3) is 11.0 Å². The van der Waals surface area contributed by atoms with Crippen molar-refractivity contribution in [1.29, 1.82) is 0 Å². The van der Waals surface area contributed by atoms with Crippen LogP contribution in [0.1, 0.15) is 16.8 Å². The number of piperazine rings is 1. The lowest BCUT2D eigenvalue weighted by Crippen LogP contribution is -2.50. The van der Waals surface area contributed by atoms with E-state index in [9.17, 15) is 9.59 Å². The molecule has 1 aliphatic rings. The highest BCUT2D eigenvalue weighted by atomic mass is 35.5. The number of rotatable bonds is 4. The van der Waals surface area contributed by atoms with Crippen molar-refractivity contribution >= 4 is 34.4 Å². The summed E-state index contributed by atoms with van der Waals surface area (Å²) >= 11 is 5.88. The summed E-state index contributed by atoms with van der Waals surface area (Å²) in [6.45, 7) is 2.80. The molecule has 1 aromatic heterocycles. The summed E-state index contributed by atoms with van der Waals surface area (Å²) in [4.78, 5) is 33.1. The minimum Gasteiger partial charge on any atom is -0.339 e. The van der Waals surface area contributed by atoms with Gasteiger partial charge in [0.2, 0.25) is 5.91 Å². The van der Waals surface area contributed by atoms with Gasteiger partial charge in [0.25, 0.3) is 5.91 Å². The molecule has 6 nitrogen and oxygen atoms in total. The van der Waals surface area contributed by atoms with E-state index in [-0.39, 0.29) is 11.8 Å². The van der Waals surface area contributed by atoms with Gasteiger partial charge in [0.1, 0.15) is 0 Å². The van der Waals surface area contributed by atoms with Gasteiger partial charge in [-0.3, -0.25) is 9.59 Å². The quantitative estimate of drug-likeness (QED) is 0.681. The maximum Gasteiger partial charge on any atom is 0.253 e. The van der Waals surface area contributed by atoms with Crippen LogP contribution in [0.5, 0.6) is 0 Å². The normalized spacial score (nSPS) is 14.5. The number of hydrogen-bond donors (Lipinski definition) is 0. The first-order valence-corrected chi connectivity index (χ1v) is 9.72. The molecular formula is C21H21ClN4O2. The summed E-state index contributed by atoms with van der Waals surface area (Å²) in [7, 11) is 0. The number of fused-ring (bicyclic) bond motifs is 1. The first-order chi connectivity index (χ1) is 13.6. The number of halogens is 1. The molecule has 0 unspecified atom stereocenters. The van der Waals surface area contributed by atoms with Crippen LogP contribution in [0.15, 0.2) is 54.9 Å². The number of carbonyl (C=O) groups excluding carboxylic acids is 2. The van der Waals surface area contributed by atoms with Crippen LogP contribution in [0.3, 0.4) is 0 Å². The van der Waals surface area contributed by atoms with Crippen LogP contribution in [-0.2, 0) is 11.3 Å². The van der Waals surface area contributed by atoms with Gasteiger partial charge in [0, 0.05) is 49.7 Å². The zero-order chi connectivity index (χ0) is 19.5. The predicted octanol–water partition coefficient (Wildman–Crippen LogP) is 3.06. The van der Waals surface area contributed by atoms with Gasteiger partial charge in [0.15, 0.2) is 0 Å². The maximum atomic E-state index is 12.6. The van der Waals surface area contributed by atoms with Gasteiger partial charge in [-0.15, -0.1) is 0 Å². The zero-order valence-electron chi connectivity index (χ0n) is 15.4. The molecule has 4 rings (SSSR count). The number of benzene rings is 2. The number of nitrogens with zero attached hydrogens (tertiary/aromatic N) is 4. The Kier molecular flexibility index (Phi) is 5.30. The van der Waals surface area contributed by atoms with Crippen molar-refractivity contribution in [2.75, 3.05) is 26.2 Å². The molecule has 2 amide bonds. The van der Waals surface area contributed by atoms with E-state index in [2.05, 4.69) is 4.98 Å². The molecule has 7 heteroatoms. The number of aromatic nitrogens is 2. The first kappa shape index (κ1) is 18.5. The summed E-state index contributed by atoms with van der Waals surface area (Å²) in [5.41, 5.74) is 2.59. The Hall–Kier alpha value is -2.86. The fourth-order valence-electron chi connectivity index (χ4n) is 3.50. The highest BCUT2D eigenvalue weighted by molar-refractivity contribution is 6.30. The predicted molar refractivity (Wildman–Crippen MR) is 108 cm³/mol. The van der Waals surface area contributed by atoms with Crippen molar-refractivity contribution in [3.63, 3.8) is 0 Å². The molecule has 0 bridgehead atoms. The Morgan fingerprint density at radius 2 is 1.61 bits per heavy atom. The van der Waals surface area contributed by atoms with Crippen LogP contribution >= 0.6 is 11.6 Å². The first-order valence-electron chi connectivity index (χ1n) is 9.34. The summed E-state index contributed by atoms with van der Waals surface area (Å²) in [5, 5.41) is 0.609. The monoisotopic (exact) mass is 396 g/mol. The summed E-state index contributed by atoms with van der Waals surface area (Å²) in [5.74, 6) is 0.0880. The van der Waals surface area contributed by atoms with Crippen molar-refractivity contribution < 1.29 is 9.59 Å². The number of amides is 2. The molecule has 144 valence electrons. The number of para-hydroxylation sites is 2. The van der Waals surface area contributed by atoms with Crippen LogP contribution in [0.4, 0.5) is 0 Å². The van der Waals surface area contributed by atoms with E-state index in [0.717, 1.165) is 11.0 Å². The summed E-state index contributed by atoms with van der Waals surface area (Å²) in [6, 6.07) is 14.8. The molecule has 0 saturated carbocycles. The van der Waals surface area contributed by atoms with E-state index < -0.39 is 0 Å². The second-order valence-corrected chi connectivity index (χ2v) is 7.29. The molecular weight excluding hydrogens is 376 g/mol. The van der Waals surface area contributed by atoms with Crippen LogP contribution < -0.4 is 0 Å². The number of aryl methyl sites for hydroxylation is 1. The number of hydrogen-bond acceptors (Lipinski definition) is 3. The largest absolute Gasteiger partial charge is 0.339 e. The lowest BCUT2D eigenvalue weighted by atomic mass is 10.2. The molecule has 1 saturated heterocycles. The highest BCUT2D eigenvalue weighted by Crippen LogP contribution is 2.15. The summed E-state index contributed by atoms with van der Waals surface area (Å²) < 4.78 is 2.01. The SMILES string of the molecule is O=C(CCn1cnc2ccccc21)N1CCN(C(=O)c2ccc(Cl)cc2)CC1. The van der Waals surface area contributed by atoms with Gasteiger partial charge in [-0.05, 0) is 36.4 Å². The minimum absolute atomic E-state index is 0.0198. The minimum atomic E-state index is -0.0198. The van der Waals surface area contributed by atoms with E-state index in [4.69, 9.17) is 11.6 Å². The van der Waals surface area contributed by atoms with Gasteiger partial charge in [-0.2, -0.15) is 0 Å². The van der Waals surface area contributed by atoms with E-state index in [1.807, 2.05) is 33.7 Å². The van der Waals surface area contributed by atoms with Crippen LogP contribution in [0, 0.1) is 0 Å². The zero-order valence-corrected chi connectivity index (χ0v) is 16.2. The third-order valence-electron chi connectivity index (χ3n) is 5.10. The number of imidazole rings is 1. The Bertz CT molecular complexity index is 991. The molecule has 1 fully saturated rings. The number of carbonyl (C=O) groups is 2. The topological polar surface area (TPSA) is 58.4 Å². The molecule has 3 aromatic rings. The Morgan fingerprint density at radius 3 is 2.36 bits per heavy atom. The molecule has 0 N–H and O–H groups in total. The average Bonchev–Trinajstić information content (AvgIpc) is 3.15. The van der Waals surface area contributed by atoms with Gasteiger partial charge in [0.05, 0.1) is 17.4 Å². The van der Waals surface area contributed by atoms with E-state index in [1.54, 1.807) is 35.5 Å². The van der Waals surface area contributed by atoms with Gasteiger partial charge in [-0.25, -0.2) is 4.98 Å². The average molecular weight is 397 g/mol. The van der Waals surface area contributed by atoms with E-state index in [0.29, 0.717) is 49.7 Å². The molecule has 0 aliphatic carbocycles. The fraction of sp³-hybridized carbons (Fsp3) is 0.286. The third kappa shape index (κ3) is 3.87. The second-order valence-electron chi connectivity index (χ2n) is 6.86. The van der Waals surface area contributed by atoms with Gasteiger partial charge in [-0.1, -0.05) is 23.7 Å². The van der Waals surface area contributed by atoms with Crippen LogP contribution in [-0.4, -0.2) is 57.3 Å². The third-order valence-corrected chi connectivity index (χ3v) is 5.36. The second kappa shape index (κ2) is 8.02. The van der Waals surface area contributed by atoms with Crippen LogP contribution in [0.2, 0.25) is 5.02 Å². The smallest absolute Gasteiger partial charge is 0.253 e. The van der Waals surface area contributed by atoms with E-state index in [1.165, 1.54) is 0 Å². The molecule has 2 heterocycles. The van der Waals surface area contributed by atoms with Crippen molar-refractivity contribution in [2.24, 2.45) is 0 Å². The van der Waals surface area contributed by atoms with Crippen molar-refractivity contribution in [1.82, 2.24) is 19.4 Å². The molecule has 2 aromatic carbocycles. The van der Waals surface area contributed by atoms with Crippen molar-refractivity contribution in [3.8, 4) is 0 Å². The lowest BCUT2D eigenvalue weighted by molar-refractivity contribution is -0.132. The Labute approximate surface area is 168 Å². The summed E-state index contributed by atoms with van der Waals surface area (Å²) in [6.07, 6.45) is 2.20. The molecule has 0 radical (unpaired) electrons. The van der Waals surface area contributed by atoms with Crippen molar-refractivity contribution in [2.45, 2.75) is 13.0 Å². The molecule has 1 aliphatic heterocycles. The molecule has 0 spiro atoms. The Morgan fingerprint density at radius 1 is 0.929 bits per heavy atom. The van der Waals surface area contributed by atoms with Gasteiger partial charge >= 0.3 is 0 Å². The van der Waals surface area contributed by atoms with Gasteiger partial charge < -0.3 is 14.4 Å². The highest BCUT2D eigenvalue weighted by Gasteiger charge is 2.24. The van der Waals surface area contributed by atoms with Crippen molar-refractivity contribution in [3.05, 3.63) is 65.4 Å². The Balaban J connectivity index is 1.30. The standard InChI is InChI=1S/C21H21ClN4O2/c22-17-7-5-16(6-8-17)21(28)25-13-11-24(12-14-25)20(27)9-10-26-15-23-18-3-1-2-4-19(18)26/h1-8,15H,9-14H2. The fourth-order valence-corrected chi connectivity index (χ4v) is 3.62. The molecule has 0 atom stereocenters.